The monoisotopic (exact) mass is 346 g/mol. The summed E-state index contributed by atoms with van der Waals surface area (Å²) in [5.74, 6) is -0.276. The van der Waals surface area contributed by atoms with Gasteiger partial charge in [-0.3, -0.25) is 4.79 Å². The molecule has 26 heavy (non-hydrogen) atoms. The molecule has 0 bridgehead atoms. The van der Waals surface area contributed by atoms with Gasteiger partial charge in [0.05, 0.1) is 12.7 Å². The minimum Gasteiger partial charge on any atom is -0.465 e. The first-order valence-corrected chi connectivity index (χ1v) is 9.09. The Morgan fingerprint density at radius 2 is 1.73 bits per heavy atom. The molecule has 0 aliphatic heterocycles. The Hall–Kier alpha value is -2.68. The van der Waals surface area contributed by atoms with Crippen LogP contribution in [0.25, 0.3) is 6.08 Å². The number of fused-ring (bicyclic) bond motifs is 2. The fraction of sp³-hybridized carbons (Fsp3) is 0.304. The highest BCUT2D eigenvalue weighted by Gasteiger charge is 2.32. The predicted octanol–water partition coefficient (Wildman–Crippen LogP) is 4.40. The zero-order valence-electron chi connectivity index (χ0n) is 15.4. The van der Waals surface area contributed by atoms with E-state index in [1.807, 2.05) is 18.2 Å². The lowest BCUT2D eigenvalue weighted by Gasteiger charge is -2.13. The Morgan fingerprint density at radius 1 is 1.04 bits per heavy atom. The van der Waals surface area contributed by atoms with Crippen molar-refractivity contribution < 1.29 is 14.3 Å². The van der Waals surface area contributed by atoms with Crippen LogP contribution in [0.5, 0.6) is 0 Å². The number of carbonyl (C=O) groups excluding carboxylic acids is 2. The molecule has 0 saturated carbocycles. The van der Waals surface area contributed by atoms with Crippen LogP contribution < -0.4 is 0 Å². The van der Waals surface area contributed by atoms with Crippen LogP contribution in [-0.2, 0) is 24.0 Å². The summed E-state index contributed by atoms with van der Waals surface area (Å²) in [5, 5.41) is 0. The van der Waals surface area contributed by atoms with Crippen molar-refractivity contribution in [2.45, 2.75) is 39.5 Å². The molecule has 3 heteroatoms. The lowest BCUT2D eigenvalue weighted by molar-refractivity contribution is 0.0600. The molecule has 132 valence electrons. The van der Waals surface area contributed by atoms with E-state index in [1.165, 1.54) is 35.8 Å². The molecular formula is C23H22O3. The molecule has 2 aliphatic rings. The van der Waals surface area contributed by atoms with Gasteiger partial charge in [-0.25, -0.2) is 4.79 Å². The maximum Gasteiger partial charge on any atom is 0.338 e. The van der Waals surface area contributed by atoms with Gasteiger partial charge in [0.1, 0.15) is 0 Å². The highest BCUT2D eigenvalue weighted by molar-refractivity contribution is 6.17. The second-order valence-corrected chi connectivity index (χ2v) is 7.17. The molecule has 0 aromatic heterocycles. The van der Waals surface area contributed by atoms with Crippen molar-refractivity contribution in [2.75, 3.05) is 7.11 Å². The molecule has 3 nitrogen and oxygen atoms in total. The fourth-order valence-electron chi connectivity index (χ4n) is 4.50. The third kappa shape index (κ3) is 2.42. The van der Waals surface area contributed by atoms with Crippen molar-refractivity contribution in [1.82, 2.24) is 0 Å². The summed E-state index contributed by atoms with van der Waals surface area (Å²) in [7, 11) is 1.37. The molecule has 0 N–H and O–H groups in total. The highest BCUT2D eigenvalue weighted by Crippen LogP contribution is 2.40. The Bertz CT molecular complexity index is 979. The van der Waals surface area contributed by atoms with E-state index >= 15 is 0 Å². The van der Waals surface area contributed by atoms with E-state index in [4.69, 9.17) is 4.74 Å². The molecule has 2 aromatic rings. The van der Waals surface area contributed by atoms with Crippen molar-refractivity contribution in [3.63, 3.8) is 0 Å². The average Bonchev–Trinajstić information content (AvgIpc) is 3.26. The molecular weight excluding hydrogens is 324 g/mol. The van der Waals surface area contributed by atoms with E-state index < -0.39 is 0 Å². The minimum atomic E-state index is -0.383. The number of Topliss-reactive ketones (excluding diaryl/α,β-unsaturated/α-hetero) is 1. The van der Waals surface area contributed by atoms with Gasteiger partial charge in [0, 0.05) is 17.6 Å². The van der Waals surface area contributed by atoms with Crippen LogP contribution >= 0.6 is 0 Å². The number of methoxy groups -OCH3 is 1. The van der Waals surface area contributed by atoms with Crippen LogP contribution in [0, 0.1) is 13.8 Å². The third-order valence-electron chi connectivity index (χ3n) is 5.83. The number of hydrogen-bond acceptors (Lipinski definition) is 3. The zero-order chi connectivity index (χ0) is 18.4. The van der Waals surface area contributed by atoms with E-state index in [1.54, 1.807) is 12.1 Å². The molecule has 0 atom stereocenters. The Morgan fingerprint density at radius 3 is 2.46 bits per heavy atom. The van der Waals surface area contributed by atoms with E-state index in [9.17, 15) is 9.59 Å². The second-order valence-electron chi connectivity index (χ2n) is 7.17. The quantitative estimate of drug-likeness (QED) is 0.598. The molecule has 0 unspecified atom stereocenters. The summed E-state index contributed by atoms with van der Waals surface area (Å²) in [6.45, 7) is 4.24. The van der Waals surface area contributed by atoms with E-state index in [0.717, 1.165) is 35.1 Å². The summed E-state index contributed by atoms with van der Waals surface area (Å²) in [4.78, 5) is 25.2. The normalized spacial score (nSPS) is 16.7. The number of allylic oxidation sites excluding steroid dienone is 1. The predicted molar refractivity (Wildman–Crippen MR) is 102 cm³/mol. The van der Waals surface area contributed by atoms with Gasteiger partial charge in [-0.05, 0) is 78.6 Å². The van der Waals surface area contributed by atoms with Gasteiger partial charge in [-0.1, -0.05) is 18.2 Å². The van der Waals surface area contributed by atoms with E-state index in [2.05, 4.69) is 13.8 Å². The molecule has 0 amide bonds. The van der Waals surface area contributed by atoms with Gasteiger partial charge in [0.2, 0.25) is 0 Å². The van der Waals surface area contributed by atoms with Crippen LogP contribution in [0.15, 0.2) is 29.8 Å². The van der Waals surface area contributed by atoms with E-state index in [-0.39, 0.29) is 11.8 Å². The summed E-state index contributed by atoms with van der Waals surface area (Å²) in [6, 6.07) is 7.26. The second kappa shape index (κ2) is 6.24. The topological polar surface area (TPSA) is 43.4 Å². The average molecular weight is 346 g/mol. The first-order chi connectivity index (χ1) is 12.5. The molecule has 0 fully saturated rings. The minimum absolute atomic E-state index is 0.106. The number of hydrogen-bond donors (Lipinski definition) is 0. The molecule has 2 aliphatic carbocycles. The van der Waals surface area contributed by atoms with Crippen molar-refractivity contribution in [3.8, 4) is 0 Å². The van der Waals surface area contributed by atoms with Crippen molar-refractivity contribution in [3.05, 3.63) is 74.3 Å². The lowest BCUT2D eigenvalue weighted by Crippen LogP contribution is -2.05. The van der Waals surface area contributed by atoms with Crippen LogP contribution in [0.2, 0.25) is 0 Å². The summed E-state index contributed by atoms with van der Waals surface area (Å²) in [6.07, 6.45) is 5.88. The molecule has 4 rings (SSSR count). The summed E-state index contributed by atoms with van der Waals surface area (Å²) >= 11 is 0. The standard InChI is InChI=1S/C23H22O3/c1-13-17-9-6-10-18(17)14(2)21-20(13)12-16(22(21)24)11-15-7-4-5-8-19(15)23(25)26-3/h4-5,7-8,11H,6,9-10,12H2,1-3H3/b16-11+. The third-order valence-corrected chi connectivity index (χ3v) is 5.83. The van der Waals surface area contributed by atoms with Crippen LogP contribution in [0.3, 0.4) is 0 Å². The van der Waals surface area contributed by atoms with Crippen molar-refractivity contribution in [2.24, 2.45) is 0 Å². The lowest BCUT2D eigenvalue weighted by atomic mass is 9.90. The fourth-order valence-corrected chi connectivity index (χ4v) is 4.50. The van der Waals surface area contributed by atoms with Crippen molar-refractivity contribution in [1.29, 1.82) is 0 Å². The van der Waals surface area contributed by atoms with Gasteiger partial charge in [-0.2, -0.15) is 0 Å². The smallest absolute Gasteiger partial charge is 0.338 e. The maximum atomic E-state index is 13.1. The number of ketones is 1. The van der Waals surface area contributed by atoms with Gasteiger partial charge in [0.15, 0.2) is 5.78 Å². The van der Waals surface area contributed by atoms with Gasteiger partial charge >= 0.3 is 5.97 Å². The SMILES string of the molecule is COC(=O)c1ccccc1/C=C1\Cc2c(C)c3c(c(C)c2C1=O)CCC3. The Labute approximate surface area is 153 Å². The maximum absolute atomic E-state index is 13.1. The van der Waals surface area contributed by atoms with E-state index in [0.29, 0.717) is 12.0 Å². The van der Waals surface area contributed by atoms with Crippen LogP contribution in [-0.4, -0.2) is 18.9 Å². The summed E-state index contributed by atoms with van der Waals surface area (Å²) in [5.41, 5.74) is 9.33. The van der Waals surface area contributed by atoms with Gasteiger partial charge in [-0.15, -0.1) is 0 Å². The van der Waals surface area contributed by atoms with Crippen molar-refractivity contribution >= 4 is 17.8 Å². The number of ether oxygens (including phenoxy) is 1. The molecule has 0 radical (unpaired) electrons. The first kappa shape index (κ1) is 16.8. The first-order valence-electron chi connectivity index (χ1n) is 9.09. The molecule has 0 heterocycles. The highest BCUT2D eigenvalue weighted by atomic mass is 16.5. The van der Waals surface area contributed by atoms with Gasteiger partial charge < -0.3 is 4.74 Å². The number of benzene rings is 2. The van der Waals surface area contributed by atoms with Crippen LogP contribution in [0.4, 0.5) is 0 Å². The van der Waals surface area contributed by atoms with Crippen LogP contribution in [0.1, 0.15) is 60.5 Å². The molecule has 0 saturated heterocycles. The Balaban J connectivity index is 1.82. The Kier molecular flexibility index (Phi) is 4.03. The number of esters is 1. The number of carbonyl (C=O) groups is 2. The summed E-state index contributed by atoms with van der Waals surface area (Å²) < 4.78 is 4.87. The largest absolute Gasteiger partial charge is 0.465 e. The molecule has 2 aromatic carbocycles. The number of rotatable bonds is 2. The molecule has 0 spiro atoms. The zero-order valence-corrected chi connectivity index (χ0v) is 15.4. The van der Waals surface area contributed by atoms with Gasteiger partial charge in [0.25, 0.3) is 0 Å².